The lowest BCUT2D eigenvalue weighted by atomic mass is 10.2. The maximum atomic E-state index is 12.7. The third-order valence-electron chi connectivity index (χ3n) is 4.49. The molecule has 1 atom stereocenters. The summed E-state index contributed by atoms with van der Waals surface area (Å²) in [6.45, 7) is 3.78. The van der Waals surface area contributed by atoms with E-state index < -0.39 is 0 Å². The van der Waals surface area contributed by atoms with Crippen LogP contribution in [0, 0.1) is 0 Å². The van der Waals surface area contributed by atoms with E-state index in [1.165, 1.54) is 22.6 Å². The maximum Gasteiger partial charge on any atom is 0.263 e. The number of aryl methyl sites for hydroxylation is 1. The molecule has 1 unspecified atom stereocenters. The van der Waals surface area contributed by atoms with Crippen LogP contribution >= 0.6 is 22.7 Å². The fraction of sp³-hybridized carbons (Fsp3) is 0.412. The van der Waals surface area contributed by atoms with E-state index in [-0.39, 0.29) is 5.56 Å². The third kappa shape index (κ3) is 2.75. The van der Waals surface area contributed by atoms with Crippen molar-refractivity contribution in [2.75, 3.05) is 6.54 Å². The van der Waals surface area contributed by atoms with Crippen molar-refractivity contribution >= 4 is 32.9 Å². The Hall–Kier alpha value is -1.50. The first-order valence-corrected chi connectivity index (χ1v) is 9.71. The molecule has 0 amide bonds. The minimum absolute atomic E-state index is 0.0859. The SMILES string of the molecule is CCc1cc2c(=O)n(CN3CCCC3c3cccs3)cnc2s1. The lowest BCUT2D eigenvalue weighted by Gasteiger charge is -2.24. The molecule has 4 rings (SSSR count). The Labute approximate surface area is 143 Å². The summed E-state index contributed by atoms with van der Waals surface area (Å²) in [5.74, 6) is 0. The summed E-state index contributed by atoms with van der Waals surface area (Å²) in [7, 11) is 0. The van der Waals surface area contributed by atoms with Crippen LogP contribution in [-0.4, -0.2) is 21.0 Å². The highest BCUT2D eigenvalue weighted by molar-refractivity contribution is 7.18. The van der Waals surface area contributed by atoms with Crippen LogP contribution in [0.15, 0.2) is 34.7 Å². The van der Waals surface area contributed by atoms with Gasteiger partial charge in [0.1, 0.15) is 11.2 Å². The Kier molecular flexibility index (Phi) is 4.05. The molecule has 0 N–H and O–H groups in total. The smallest absolute Gasteiger partial charge is 0.263 e. The molecule has 3 aromatic heterocycles. The highest BCUT2D eigenvalue weighted by Crippen LogP contribution is 2.34. The van der Waals surface area contributed by atoms with Gasteiger partial charge in [0, 0.05) is 22.3 Å². The van der Waals surface area contributed by atoms with Gasteiger partial charge in [0.05, 0.1) is 12.1 Å². The Morgan fingerprint density at radius 2 is 2.35 bits per heavy atom. The van der Waals surface area contributed by atoms with Gasteiger partial charge < -0.3 is 0 Å². The first-order chi connectivity index (χ1) is 11.3. The third-order valence-corrected chi connectivity index (χ3v) is 6.65. The Bertz CT molecular complexity index is 866. The van der Waals surface area contributed by atoms with Crippen LogP contribution in [0.25, 0.3) is 10.2 Å². The van der Waals surface area contributed by atoms with Gasteiger partial charge in [0.2, 0.25) is 0 Å². The van der Waals surface area contributed by atoms with Gasteiger partial charge in [-0.15, -0.1) is 22.7 Å². The van der Waals surface area contributed by atoms with Crippen molar-refractivity contribution in [2.24, 2.45) is 0 Å². The molecule has 6 heteroatoms. The quantitative estimate of drug-likeness (QED) is 0.720. The van der Waals surface area contributed by atoms with Crippen LogP contribution in [0.1, 0.15) is 35.6 Å². The lowest BCUT2D eigenvalue weighted by molar-refractivity contribution is 0.201. The normalized spacial score (nSPS) is 18.9. The van der Waals surface area contributed by atoms with Gasteiger partial charge >= 0.3 is 0 Å². The van der Waals surface area contributed by atoms with Crippen molar-refractivity contribution in [1.29, 1.82) is 0 Å². The van der Waals surface area contributed by atoms with Crippen LogP contribution < -0.4 is 5.56 Å². The minimum atomic E-state index is 0.0859. The lowest BCUT2D eigenvalue weighted by Crippen LogP contribution is -2.31. The Morgan fingerprint density at radius 1 is 1.43 bits per heavy atom. The van der Waals surface area contributed by atoms with E-state index in [2.05, 4.69) is 34.3 Å². The molecule has 120 valence electrons. The van der Waals surface area contributed by atoms with Gasteiger partial charge in [-0.2, -0.15) is 0 Å². The number of likely N-dealkylation sites (tertiary alicyclic amines) is 1. The molecule has 0 radical (unpaired) electrons. The van der Waals surface area contributed by atoms with Gasteiger partial charge in [0.15, 0.2) is 0 Å². The van der Waals surface area contributed by atoms with Gasteiger partial charge in [-0.25, -0.2) is 4.98 Å². The van der Waals surface area contributed by atoms with Gasteiger partial charge in [-0.05, 0) is 36.8 Å². The van der Waals surface area contributed by atoms with E-state index in [1.54, 1.807) is 33.6 Å². The Balaban J connectivity index is 1.64. The van der Waals surface area contributed by atoms with Crippen molar-refractivity contribution < 1.29 is 0 Å². The topological polar surface area (TPSA) is 38.1 Å². The summed E-state index contributed by atoms with van der Waals surface area (Å²) in [5, 5.41) is 2.89. The summed E-state index contributed by atoms with van der Waals surface area (Å²) in [5.41, 5.74) is 0.0859. The van der Waals surface area contributed by atoms with E-state index in [0.717, 1.165) is 23.2 Å². The second-order valence-electron chi connectivity index (χ2n) is 5.93. The van der Waals surface area contributed by atoms with Gasteiger partial charge in [0.25, 0.3) is 5.56 Å². The van der Waals surface area contributed by atoms with Crippen molar-refractivity contribution in [3.8, 4) is 0 Å². The molecule has 3 aromatic rings. The zero-order valence-corrected chi connectivity index (χ0v) is 14.7. The molecule has 4 nitrogen and oxygen atoms in total. The molecule has 1 aliphatic heterocycles. The standard InChI is InChI=1S/C17H19N3OS2/c1-2-12-9-13-16(23-12)18-10-20(17(13)21)11-19-7-3-5-14(19)15-6-4-8-22-15/h4,6,8-10,14H,2-3,5,7,11H2,1H3. The number of nitrogens with zero attached hydrogens (tertiary/aromatic N) is 3. The Morgan fingerprint density at radius 3 is 3.13 bits per heavy atom. The molecule has 0 saturated carbocycles. The van der Waals surface area contributed by atoms with E-state index >= 15 is 0 Å². The average Bonchev–Trinajstić information content (AvgIpc) is 3.29. The monoisotopic (exact) mass is 345 g/mol. The fourth-order valence-electron chi connectivity index (χ4n) is 3.28. The fourth-order valence-corrected chi connectivity index (χ4v) is 5.10. The van der Waals surface area contributed by atoms with Crippen molar-refractivity contribution in [1.82, 2.24) is 14.5 Å². The van der Waals surface area contributed by atoms with Crippen LogP contribution in [-0.2, 0) is 13.1 Å². The number of hydrogen-bond acceptors (Lipinski definition) is 5. The van der Waals surface area contributed by atoms with Crippen molar-refractivity contribution in [2.45, 2.75) is 38.9 Å². The summed E-state index contributed by atoms with van der Waals surface area (Å²) >= 11 is 3.43. The molecule has 4 heterocycles. The van der Waals surface area contributed by atoms with E-state index in [0.29, 0.717) is 12.7 Å². The van der Waals surface area contributed by atoms with Crippen LogP contribution in [0.5, 0.6) is 0 Å². The zero-order valence-electron chi connectivity index (χ0n) is 13.1. The molecule has 0 bridgehead atoms. The molecular formula is C17H19N3OS2. The van der Waals surface area contributed by atoms with Crippen LogP contribution in [0.3, 0.4) is 0 Å². The molecule has 0 aromatic carbocycles. The van der Waals surface area contributed by atoms with Crippen LogP contribution in [0.4, 0.5) is 0 Å². The number of thiophene rings is 2. The molecular weight excluding hydrogens is 326 g/mol. The predicted molar refractivity (Wildman–Crippen MR) is 96.3 cm³/mol. The van der Waals surface area contributed by atoms with E-state index in [4.69, 9.17) is 0 Å². The molecule has 0 spiro atoms. The maximum absolute atomic E-state index is 12.7. The highest BCUT2D eigenvalue weighted by Gasteiger charge is 2.27. The number of rotatable bonds is 4. The minimum Gasteiger partial charge on any atom is -0.285 e. The average molecular weight is 345 g/mol. The molecule has 1 aliphatic rings. The first kappa shape index (κ1) is 15.1. The second kappa shape index (κ2) is 6.19. The second-order valence-corrected chi connectivity index (χ2v) is 8.03. The van der Waals surface area contributed by atoms with Crippen molar-refractivity contribution in [3.63, 3.8) is 0 Å². The first-order valence-electron chi connectivity index (χ1n) is 8.01. The number of fused-ring (bicyclic) bond motifs is 1. The predicted octanol–water partition coefficient (Wildman–Crippen LogP) is 3.88. The summed E-state index contributed by atoms with van der Waals surface area (Å²) in [4.78, 5) is 23.1. The van der Waals surface area contributed by atoms with E-state index in [9.17, 15) is 4.79 Å². The largest absolute Gasteiger partial charge is 0.285 e. The molecule has 1 saturated heterocycles. The number of hydrogen-bond donors (Lipinski definition) is 0. The molecule has 0 aliphatic carbocycles. The van der Waals surface area contributed by atoms with Crippen LogP contribution in [0.2, 0.25) is 0 Å². The summed E-state index contributed by atoms with van der Waals surface area (Å²) in [6, 6.07) is 6.75. The molecule has 23 heavy (non-hydrogen) atoms. The summed E-state index contributed by atoms with van der Waals surface area (Å²) < 4.78 is 1.76. The van der Waals surface area contributed by atoms with Crippen molar-refractivity contribution in [3.05, 3.63) is 50.0 Å². The number of aromatic nitrogens is 2. The van der Waals surface area contributed by atoms with Gasteiger partial charge in [-0.3, -0.25) is 14.3 Å². The van der Waals surface area contributed by atoms with Gasteiger partial charge in [-0.1, -0.05) is 13.0 Å². The highest BCUT2D eigenvalue weighted by atomic mass is 32.1. The van der Waals surface area contributed by atoms with E-state index in [1.807, 2.05) is 6.07 Å². The summed E-state index contributed by atoms with van der Waals surface area (Å²) in [6.07, 6.45) is 5.02. The zero-order chi connectivity index (χ0) is 15.8. The molecule has 1 fully saturated rings.